The average Bonchev–Trinajstić information content (AvgIpc) is 2.12. The van der Waals surface area contributed by atoms with Crippen molar-refractivity contribution >= 4 is 0 Å². The molecule has 3 heteroatoms. The van der Waals surface area contributed by atoms with Gasteiger partial charge < -0.3 is 15.9 Å². The summed E-state index contributed by atoms with van der Waals surface area (Å²) in [6, 6.07) is 3.06. The van der Waals surface area contributed by atoms with E-state index < -0.39 is 6.10 Å². The van der Waals surface area contributed by atoms with Crippen LogP contribution in [0.3, 0.4) is 0 Å². The van der Waals surface area contributed by atoms with E-state index in [9.17, 15) is 10.2 Å². The quantitative estimate of drug-likeness (QED) is 0.752. The fourth-order valence-electron chi connectivity index (χ4n) is 2.72. The Morgan fingerprint density at radius 2 is 1.76 bits per heavy atom. The minimum absolute atomic E-state index is 0.258. The minimum atomic E-state index is -0.467. The van der Waals surface area contributed by atoms with Crippen LogP contribution in [0.2, 0.25) is 0 Å². The van der Waals surface area contributed by atoms with Crippen LogP contribution in [-0.2, 0) is 0 Å². The Bertz CT molecular complexity index is 390. The molecule has 0 aliphatic heterocycles. The van der Waals surface area contributed by atoms with Crippen LogP contribution in [-0.4, -0.2) is 16.3 Å². The standard InChI is InChI=1S/C14H21NO2/c1-8-6-11(16)7-9(2)12(8)13(15)14(17)10-4-3-5-10/h6-7,10,13-14,16-17H,3-5,15H2,1-2H3/t13-,14+/m0/s1. The molecule has 0 unspecified atom stereocenters. The molecule has 0 heterocycles. The fourth-order valence-corrected chi connectivity index (χ4v) is 2.72. The van der Waals surface area contributed by atoms with Gasteiger partial charge in [-0.3, -0.25) is 0 Å². The summed E-state index contributed by atoms with van der Waals surface area (Å²) in [5.74, 6) is 0.603. The van der Waals surface area contributed by atoms with E-state index in [1.165, 1.54) is 6.42 Å². The molecule has 2 atom stereocenters. The van der Waals surface area contributed by atoms with Crippen molar-refractivity contribution in [3.63, 3.8) is 0 Å². The van der Waals surface area contributed by atoms with Crippen LogP contribution in [0.5, 0.6) is 5.75 Å². The van der Waals surface area contributed by atoms with Gasteiger partial charge in [0.25, 0.3) is 0 Å². The molecule has 94 valence electrons. The number of aliphatic hydroxyl groups is 1. The first-order valence-electron chi connectivity index (χ1n) is 6.24. The second-order valence-corrected chi connectivity index (χ2v) is 5.20. The predicted molar refractivity (Wildman–Crippen MR) is 67.9 cm³/mol. The molecule has 4 N–H and O–H groups in total. The van der Waals surface area contributed by atoms with Gasteiger partial charge in [-0.1, -0.05) is 6.42 Å². The summed E-state index contributed by atoms with van der Waals surface area (Å²) in [5, 5.41) is 19.7. The second-order valence-electron chi connectivity index (χ2n) is 5.20. The van der Waals surface area contributed by atoms with E-state index in [-0.39, 0.29) is 11.8 Å². The molecular weight excluding hydrogens is 214 g/mol. The Labute approximate surface area is 102 Å². The summed E-state index contributed by atoms with van der Waals surface area (Å²) in [4.78, 5) is 0. The average molecular weight is 235 g/mol. The maximum atomic E-state index is 10.2. The third kappa shape index (κ3) is 2.31. The topological polar surface area (TPSA) is 66.5 Å². The monoisotopic (exact) mass is 235 g/mol. The van der Waals surface area contributed by atoms with Crippen LogP contribution in [0.4, 0.5) is 0 Å². The molecule has 0 amide bonds. The highest BCUT2D eigenvalue weighted by molar-refractivity contribution is 5.42. The van der Waals surface area contributed by atoms with E-state index in [1.54, 1.807) is 12.1 Å². The number of aliphatic hydroxyl groups excluding tert-OH is 1. The zero-order valence-electron chi connectivity index (χ0n) is 10.5. The highest BCUT2D eigenvalue weighted by atomic mass is 16.3. The summed E-state index contributed by atoms with van der Waals surface area (Å²) in [6.07, 6.45) is 2.88. The van der Waals surface area contributed by atoms with Gasteiger partial charge in [0.15, 0.2) is 0 Å². The first kappa shape index (κ1) is 12.4. The van der Waals surface area contributed by atoms with Crippen molar-refractivity contribution in [1.29, 1.82) is 0 Å². The Kier molecular flexibility index (Phi) is 3.40. The highest BCUT2D eigenvalue weighted by Gasteiger charge is 2.31. The lowest BCUT2D eigenvalue weighted by Crippen LogP contribution is -2.37. The van der Waals surface area contributed by atoms with Crippen LogP contribution in [0.15, 0.2) is 12.1 Å². The number of hydrogen-bond acceptors (Lipinski definition) is 3. The Hall–Kier alpha value is -1.06. The molecule has 1 aromatic carbocycles. The van der Waals surface area contributed by atoms with Gasteiger partial charge in [-0.25, -0.2) is 0 Å². The van der Waals surface area contributed by atoms with Crippen LogP contribution in [0.25, 0.3) is 0 Å². The first-order chi connectivity index (χ1) is 8.00. The Balaban J connectivity index is 2.26. The zero-order valence-corrected chi connectivity index (χ0v) is 10.5. The van der Waals surface area contributed by atoms with Gasteiger partial charge in [-0.15, -0.1) is 0 Å². The number of rotatable bonds is 3. The molecule has 2 rings (SSSR count). The van der Waals surface area contributed by atoms with Crippen LogP contribution in [0.1, 0.15) is 42.0 Å². The van der Waals surface area contributed by atoms with Gasteiger partial charge >= 0.3 is 0 Å². The summed E-state index contributed by atoms with van der Waals surface area (Å²) >= 11 is 0. The van der Waals surface area contributed by atoms with E-state index in [4.69, 9.17) is 5.73 Å². The van der Waals surface area contributed by atoms with Crippen molar-refractivity contribution in [1.82, 2.24) is 0 Å². The third-order valence-electron chi connectivity index (χ3n) is 3.91. The number of phenolic OH excluding ortho intramolecular Hbond substituents is 1. The lowest BCUT2D eigenvalue weighted by molar-refractivity contribution is 0.0410. The van der Waals surface area contributed by atoms with Crippen molar-refractivity contribution in [3.8, 4) is 5.75 Å². The Morgan fingerprint density at radius 3 is 2.18 bits per heavy atom. The number of benzene rings is 1. The van der Waals surface area contributed by atoms with Crippen LogP contribution >= 0.6 is 0 Å². The maximum absolute atomic E-state index is 10.2. The summed E-state index contributed by atoms with van der Waals surface area (Å²) in [5.41, 5.74) is 9.05. The summed E-state index contributed by atoms with van der Waals surface area (Å²) < 4.78 is 0. The number of phenols is 1. The summed E-state index contributed by atoms with van der Waals surface area (Å²) in [7, 11) is 0. The SMILES string of the molecule is Cc1cc(O)cc(C)c1[C@H](N)[C@H](O)C1CCC1. The lowest BCUT2D eigenvalue weighted by Gasteiger charge is -2.34. The first-order valence-corrected chi connectivity index (χ1v) is 6.24. The number of nitrogens with two attached hydrogens (primary N) is 1. The molecule has 1 aliphatic carbocycles. The molecule has 0 bridgehead atoms. The largest absolute Gasteiger partial charge is 0.508 e. The van der Waals surface area contributed by atoms with Crippen molar-refractivity contribution in [2.75, 3.05) is 0 Å². The second kappa shape index (κ2) is 4.67. The molecule has 1 saturated carbocycles. The van der Waals surface area contributed by atoms with Crippen LogP contribution < -0.4 is 5.73 Å². The smallest absolute Gasteiger partial charge is 0.116 e. The molecule has 0 saturated heterocycles. The molecular formula is C14H21NO2. The molecule has 0 radical (unpaired) electrons. The lowest BCUT2D eigenvalue weighted by atomic mass is 9.76. The Morgan fingerprint density at radius 1 is 1.24 bits per heavy atom. The van der Waals surface area contributed by atoms with E-state index in [0.29, 0.717) is 5.92 Å². The van der Waals surface area contributed by atoms with Crippen molar-refractivity contribution in [2.45, 2.75) is 45.3 Å². The molecule has 1 fully saturated rings. The van der Waals surface area contributed by atoms with Gasteiger partial charge in [0, 0.05) is 0 Å². The van der Waals surface area contributed by atoms with E-state index >= 15 is 0 Å². The number of hydrogen-bond donors (Lipinski definition) is 3. The molecule has 0 spiro atoms. The number of aromatic hydroxyl groups is 1. The predicted octanol–water partition coefficient (Wildman–Crippen LogP) is 2.17. The van der Waals surface area contributed by atoms with Crippen molar-refractivity contribution in [2.24, 2.45) is 11.7 Å². The van der Waals surface area contributed by atoms with Gasteiger partial charge in [0.2, 0.25) is 0 Å². The normalized spacial score (nSPS) is 19.8. The highest BCUT2D eigenvalue weighted by Crippen LogP contribution is 2.36. The zero-order chi connectivity index (χ0) is 12.6. The van der Waals surface area contributed by atoms with Crippen molar-refractivity contribution in [3.05, 3.63) is 28.8 Å². The summed E-state index contributed by atoms with van der Waals surface area (Å²) in [6.45, 7) is 3.85. The molecule has 1 aromatic rings. The minimum Gasteiger partial charge on any atom is -0.508 e. The van der Waals surface area contributed by atoms with Gasteiger partial charge in [0.1, 0.15) is 5.75 Å². The molecule has 0 aromatic heterocycles. The third-order valence-corrected chi connectivity index (χ3v) is 3.91. The number of aryl methyl sites for hydroxylation is 2. The van der Waals surface area contributed by atoms with E-state index in [0.717, 1.165) is 29.5 Å². The van der Waals surface area contributed by atoms with Gasteiger partial charge in [-0.05, 0) is 61.4 Å². The van der Waals surface area contributed by atoms with Crippen LogP contribution in [0, 0.1) is 19.8 Å². The van der Waals surface area contributed by atoms with E-state index in [1.807, 2.05) is 13.8 Å². The van der Waals surface area contributed by atoms with Crippen molar-refractivity contribution < 1.29 is 10.2 Å². The molecule has 17 heavy (non-hydrogen) atoms. The van der Waals surface area contributed by atoms with E-state index in [2.05, 4.69) is 0 Å². The van der Waals surface area contributed by atoms with Gasteiger partial charge in [-0.2, -0.15) is 0 Å². The van der Waals surface area contributed by atoms with Gasteiger partial charge in [0.05, 0.1) is 12.1 Å². The molecule has 3 nitrogen and oxygen atoms in total. The maximum Gasteiger partial charge on any atom is 0.116 e. The fraction of sp³-hybridized carbons (Fsp3) is 0.571. The molecule has 1 aliphatic rings.